The number of methoxy groups -OCH3 is 1. The van der Waals surface area contributed by atoms with Crippen LogP contribution in [0.5, 0.6) is 5.75 Å². The molecule has 2 aliphatic rings. The van der Waals surface area contributed by atoms with Crippen LogP contribution in [0.25, 0.3) is 16.9 Å². The molecule has 0 amide bonds. The van der Waals surface area contributed by atoms with Gasteiger partial charge < -0.3 is 4.74 Å². The van der Waals surface area contributed by atoms with E-state index in [1.54, 1.807) is 13.2 Å². The van der Waals surface area contributed by atoms with Gasteiger partial charge in [-0.2, -0.15) is 5.10 Å². The lowest BCUT2D eigenvalue weighted by Gasteiger charge is -2.36. The molecular weight excluding hydrogens is 403 g/mol. The summed E-state index contributed by atoms with van der Waals surface area (Å²) in [6, 6.07) is 16.1. The predicted molar refractivity (Wildman–Crippen MR) is 121 cm³/mol. The number of hydrogen-bond donors (Lipinski definition) is 0. The van der Waals surface area contributed by atoms with Crippen LogP contribution in [-0.4, -0.2) is 32.6 Å². The zero-order chi connectivity index (χ0) is 21.8. The summed E-state index contributed by atoms with van der Waals surface area (Å²) in [5.41, 5.74) is 7.29. The highest BCUT2D eigenvalue weighted by atomic mass is 19.1. The molecule has 6 heteroatoms. The van der Waals surface area contributed by atoms with E-state index < -0.39 is 0 Å². The van der Waals surface area contributed by atoms with Crippen molar-refractivity contribution in [2.45, 2.75) is 44.8 Å². The van der Waals surface area contributed by atoms with Crippen molar-refractivity contribution in [3.63, 3.8) is 0 Å². The van der Waals surface area contributed by atoms with Gasteiger partial charge in [-0.05, 0) is 44.0 Å². The van der Waals surface area contributed by atoms with Crippen LogP contribution in [0, 0.1) is 12.7 Å². The van der Waals surface area contributed by atoms with Gasteiger partial charge in [0.2, 0.25) is 0 Å². The molecule has 0 aliphatic carbocycles. The highest BCUT2D eigenvalue weighted by Gasteiger charge is 2.41. The Hall–Kier alpha value is -3.25. The second-order valence-corrected chi connectivity index (χ2v) is 8.91. The predicted octanol–water partition coefficient (Wildman–Crippen LogP) is 5.11. The van der Waals surface area contributed by atoms with E-state index in [1.807, 2.05) is 16.8 Å². The zero-order valence-electron chi connectivity index (χ0n) is 18.3. The highest BCUT2D eigenvalue weighted by Crippen LogP contribution is 2.44. The molecule has 6 rings (SSSR count). The van der Waals surface area contributed by atoms with Crippen molar-refractivity contribution in [3.8, 4) is 17.0 Å². The molecule has 0 spiro atoms. The molecule has 4 aromatic rings. The van der Waals surface area contributed by atoms with E-state index in [9.17, 15) is 4.39 Å². The fourth-order valence-electron chi connectivity index (χ4n) is 5.37. The molecule has 2 aromatic heterocycles. The van der Waals surface area contributed by atoms with Gasteiger partial charge in [-0.15, -0.1) is 0 Å². The van der Waals surface area contributed by atoms with Gasteiger partial charge in [-0.25, -0.2) is 13.9 Å². The number of aryl methyl sites for hydroxylation is 1. The summed E-state index contributed by atoms with van der Waals surface area (Å²) in [5, 5.41) is 4.94. The standard InChI is InChI=1S/C26H25FN4O/c1-16-4-3-5-17(10-16)23-13-26-28-14-21-24-9-6-19(12-25(21)31(26)29-23)30(24)15-18-11-20(32-2)7-8-22(18)27/h3-5,7-8,10-11,13-14,19,24H,6,9,12,15H2,1-2H3/t19-,24-/m1/s1. The average Bonchev–Trinajstić information content (AvgIpc) is 3.35. The summed E-state index contributed by atoms with van der Waals surface area (Å²) < 4.78 is 21.9. The third kappa shape index (κ3) is 3.09. The normalized spacial score (nSPS) is 20.0. The number of nitrogens with zero attached hydrogens (tertiary/aromatic N) is 4. The third-order valence-corrected chi connectivity index (χ3v) is 6.97. The number of hydrogen-bond acceptors (Lipinski definition) is 4. The van der Waals surface area contributed by atoms with E-state index in [1.165, 1.54) is 22.9 Å². The van der Waals surface area contributed by atoms with Crippen LogP contribution in [0.4, 0.5) is 4.39 Å². The van der Waals surface area contributed by atoms with Crippen LogP contribution < -0.4 is 4.74 Å². The van der Waals surface area contributed by atoms with Crippen LogP contribution in [0.3, 0.4) is 0 Å². The fourth-order valence-corrected chi connectivity index (χ4v) is 5.37. The molecule has 0 unspecified atom stereocenters. The van der Waals surface area contributed by atoms with Crippen LogP contribution in [-0.2, 0) is 13.0 Å². The Labute approximate surface area is 186 Å². The summed E-state index contributed by atoms with van der Waals surface area (Å²) in [5.74, 6) is 0.509. The molecule has 1 fully saturated rings. The first-order valence-corrected chi connectivity index (χ1v) is 11.1. The molecule has 2 aromatic carbocycles. The van der Waals surface area contributed by atoms with Crippen LogP contribution in [0.2, 0.25) is 0 Å². The molecule has 2 bridgehead atoms. The first kappa shape index (κ1) is 19.4. The van der Waals surface area contributed by atoms with Gasteiger partial charge in [0, 0.05) is 54.0 Å². The number of fused-ring (bicyclic) bond motifs is 6. The maximum Gasteiger partial charge on any atom is 0.155 e. The van der Waals surface area contributed by atoms with E-state index >= 15 is 0 Å². The third-order valence-electron chi connectivity index (χ3n) is 6.97. The molecule has 2 aliphatic heterocycles. The summed E-state index contributed by atoms with van der Waals surface area (Å²) in [4.78, 5) is 7.18. The minimum atomic E-state index is -0.181. The van der Waals surface area contributed by atoms with E-state index in [2.05, 4.69) is 42.2 Å². The van der Waals surface area contributed by atoms with Crippen molar-refractivity contribution in [3.05, 3.63) is 82.9 Å². The van der Waals surface area contributed by atoms with Gasteiger partial charge in [0.15, 0.2) is 5.65 Å². The number of rotatable bonds is 4. The van der Waals surface area contributed by atoms with Crippen molar-refractivity contribution in [2.24, 2.45) is 0 Å². The Morgan fingerprint density at radius 1 is 1.12 bits per heavy atom. The lowest BCUT2D eigenvalue weighted by molar-refractivity contribution is 0.163. The van der Waals surface area contributed by atoms with Crippen molar-refractivity contribution in [1.82, 2.24) is 19.5 Å². The lowest BCUT2D eigenvalue weighted by Crippen LogP contribution is -2.38. The maximum absolute atomic E-state index is 14.5. The maximum atomic E-state index is 14.5. The summed E-state index contributed by atoms with van der Waals surface area (Å²) in [6.07, 6.45) is 5.06. The number of halogens is 1. The average molecular weight is 429 g/mol. The van der Waals surface area contributed by atoms with Crippen LogP contribution in [0.15, 0.2) is 54.7 Å². The Morgan fingerprint density at radius 2 is 2.03 bits per heavy atom. The Balaban J connectivity index is 1.37. The molecule has 1 saturated heterocycles. The zero-order valence-corrected chi connectivity index (χ0v) is 18.3. The first-order valence-electron chi connectivity index (χ1n) is 11.1. The van der Waals surface area contributed by atoms with Gasteiger partial charge in [0.1, 0.15) is 11.6 Å². The molecule has 162 valence electrons. The van der Waals surface area contributed by atoms with Crippen LogP contribution >= 0.6 is 0 Å². The molecule has 0 radical (unpaired) electrons. The molecule has 0 N–H and O–H groups in total. The molecule has 32 heavy (non-hydrogen) atoms. The van der Waals surface area contributed by atoms with Gasteiger partial charge in [0.25, 0.3) is 0 Å². The quantitative estimate of drug-likeness (QED) is 0.453. The monoisotopic (exact) mass is 428 g/mol. The van der Waals surface area contributed by atoms with Gasteiger partial charge >= 0.3 is 0 Å². The minimum absolute atomic E-state index is 0.181. The SMILES string of the molecule is COc1ccc(F)c(CN2[C@@H]3CC[C@@H]2c2cnc4cc(-c5cccc(C)c5)nn4c2C3)c1. The van der Waals surface area contributed by atoms with E-state index in [0.717, 1.165) is 36.2 Å². The summed E-state index contributed by atoms with van der Waals surface area (Å²) in [6.45, 7) is 2.67. The van der Waals surface area contributed by atoms with Gasteiger partial charge in [-0.3, -0.25) is 4.90 Å². The van der Waals surface area contributed by atoms with E-state index in [-0.39, 0.29) is 11.9 Å². The Morgan fingerprint density at radius 3 is 2.88 bits per heavy atom. The smallest absolute Gasteiger partial charge is 0.155 e. The number of ether oxygens (including phenoxy) is 1. The van der Waals surface area contributed by atoms with E-state index in [4.69, 9.17) is 14.8 Å². The second kappa shape index (κ2) is 7.41. The second-order valence-electron chi connectivity index (χ2n) is 8.91. The van der Waals surface area contributed by atoms with Gasteiger partial charge in [-0.1, -0.05) is 23.8 Å². The lowest BCUT2D eigenvalue weighted by atomic mass is 9.98. The van der Waals surface area contributed by atoms with Crippen molar-refractivity contribution in [2.75, 3.05) is 7.11 Å². The molecule has 0 saturated carbocycles. The van der Waals surface area contributed by atoms with Crippen molar-refractivity contribution in [1.29, 1.82) is 0 Å². The molecular formula is C26H25FN4O. The Bertz CT molecular complexity index is 1330. The fraction of sp³-hybridized carbons (Fsp3) is 0.308. The number of benzene rings is 2. The van der Waals surface area contributed by atoms with Crippen molar-refractivity contribution < 1.29 is 9.13 Å². The molecule has 2 atom stereocenters. The minimum Gasteiger partial charge on any atom is -0.497 e. The first-order chi connectivity index (χ1) is 15.6. The summed E-state index contributed by atoms with van der Waals surface area (Å²) >= 11 is 0. The Kier molecular flexibility index (Phi) is 4.50. The van der Waals surface area contributed by atoms with Gasteiger partial charge in [0.05, 0.1) is 18.5 Å². The molecule has 4 heterocycles. The largest absolute Gasteiger partial charge is 0.497 e. The topological polar surface area (TPSA) is 42.7 Å². The van der Waals surface area contributed by atoms with Crippen LogP contribution in [0.1, 0.15) is 41.3 Å². The number of aromatic nitrogens is 3. The van der Waals surface area contributed by atoms with E-state index in [0.29, 0.717) is 23.9 Å². The summed E-state index contributed by atoms with van der Waals surface area (Å²) in [7, 11) is 1.61. The van der Waals surface area contributed by atoms with Crippen molar-refractivity contribution >= 4 is 5.65 Å². The highest BCUT2D eigenvalue weighted by molar-refractivity contribution is 5.65. The molecule has 5 nitrogen and oxygen atoms in total.